The number of aryl methyl sites for hydroxylation is 1. The van der Waals surface area contributed by atoms with Gasteiger partial charge in [-0.1, -0.05) is 0 Å². The van der Waals surface area contributed by atoms with Crippen LogP contribution < -0.4 is 5.73 Å². The molecular formula is C13H16N4O2. The Morgan fingerprint density at radius 1 is 1.21 bits per heavy atom. The second-order valence-electron chi connectivity index (χ2n) is 4.93. The molecule has 1 aromatic heterocycles. The van der Waals surface area contributed by atoms with Gasteiger partial charge in [0.25, 0.3) is 0 Å². The Bertz CT molecular complexity index is 588. The monoisotopic (exact) mass is 260 g/mol. The van der Waals surface area contributed by atoms with Crippen LogP contribution in [0.5, 0.6) is 11.5 Å². The topological polar surface area (TPSA) is 97.2 Å². The predicted molar refractivity (Wildman–Crippen MR) is 69.7 cm³/mol. The van der Waals surface area contributed by atoms with E-state index in [1.54, 1.807) is 12.1 Å². The Morgan fingerprint density at radius 2 is 1.95 bits per heavy atom. The van der Waals surface area contributed by atoms with Gasteiger partial charge >= 0.3 is 0 Å². The van der Waals surface area contributed by atoms with Gasteiger partial charge in [0.2, 0.25) is 0 Å². The molecule has 1 aliphatic rings. The van der Waals surface area contributed by atoms with Gasteiger partial charge in [0.15, 0.2) is 5.82 Å². The molecule has 0 fully saturated rings. The smallest absolute Gasteiger partial charge is 0.164 e. The minimum Gasteiger partial charge on any atom is -0.508 e. The first-order valence-corrected chi connectivity index (χ1v) is 6.33. The molecule has 100 valence electrons. The van der Waals surface area contributed by atoms with Crippen molar-refractivity contribution in [3.63, 3.8) is 0 Å². The minimum atomic E-state index is 0.0125. The molecular weight excluding hydrogens is 244 g/mol. The molecule has 2 aromatic rings. The summed E-state index contributed by atoms with van der Waals surface area (Å²) in [5, 5.41) is 27.5. The molecule has 0 saturated carbocycles. The summed E-state index contributed by atoms with van der Waals surface area (Å²) in [5.74, 6) is 2.05. The fraction of sp³-hybridized carbons (Fsp3) is 0.385. The maximum Gasteiger partial charge on any atom is 0.164 e. The lowest BCUT2D eigenvalue weighted by atomic mass is 9.99. The summed E-state index contributed by atoms with van der Waals surface area (Å²) in [4.78, 5) is 0. The number of rotatable bonds is 2. The Balaban J connectivity index is 2.04. The molecule has 0 saturated heterocycles. The average Bonchev–Trinajstić information content (AvgIpc) is 2.80. The van der Waals surface area contributed by atoms with Crippen LogP contribution >= 0.6 is 0 Å². The van der Waals surface area contributed by atoms with E-state index in [0.29, 0.717) is 23.9 Å². The van der Waals surface area contributed by atoms with Crippen molar-refractivity contribution >= 4 is 0 Å². The second-order valence-corrected chi connectivity index (χ2v) is 4.93. The van der Waals surface area contributed by atoms with Gasteiger partial charge in [-0.2, -0.15) is 0 Å². The zero-order valence-corrected chi connectivity index (χ0v) is 10.5. The van der Waals surface area contributed by atoms with E-state index in [1.807, 2.05) is 4.57 Å². The summed E-state index contributed by atoms with van der Waals surface area (Å²) >= 11 is 0. The van der Waals surface area contributed by atoms with Gasteiger partial charge < -0.3 is 20.5 Å². The highest BCUT2D eigenvalue weighted by Gasteiger charge is 2.22. The van der Waals surface area contributed by atoms with E-state index < -0.39 is 0 Å². The van der Waals surface area contributed by atoms with Crippen LogP contribution in [0, 0.1) is 5.92 Å². The summed E-state index contributed by atoms with van der Waals surface area (Å²) in [7, 11) is 0. The number of hydrogen-bond acceptors (Lipinski definition) is 5. The summed E-state index contributed by atoms with van der Waals surface area (Å²) in [6.45, 7) is 1.42. The molecule has 0 bridgehead atoms. The van der Waals surface area contributed by atoms with E-state index in [-0.39, 0.29) is 11.5 Å². The van der Waals surface area contributed by atoms with Gasteiger partial charge in [0.05, 0.1) is 0 Å². The van der Waals surface area contributed by atoms with E-state index in [1.165, 1.54) is 6.07 Å². The zero-order valence-electron chi connectivity index (χ0n) is 10.5. The van der Waals surface area contributed by atoms with Crippen molar-refractivity contribution in [1.82, 2.24) is 14.8 Å². The summed E-state index contributed by atoms with van der Waals surface area (Å²) in [6, 6.07) is 4.44. The third kappa shape index (κ3) is 2.15. The molecule has 2 heterocycles. The number of phenols is 2. The molecule has 1 aromatic carbocycles. The van der Waals surface area contributed by atoms with Crippen LogP contribution in [0.25, 0.3) is 11.4 Å². The molecule has 0 radical (unpaired) electrons. The molecule has 19 heavy (non-hydrogen) atoms. The number of phenolic OH excluding ortho intramolecular Hbond substituents is 2. The lowest BCUT2D eigenvalue weighted by Crippen LogP contribution is -2.26. The summed E-state index contributed by atoms with van der Waals surface area (Å²) in [6.07, 6.45) is 1.89. The Hall–Kier alpha value is -2.08. The van der Waals surface area contributed by atoms with E-state index >= 15 is 0 Å². The van der Waals surface area contributed by atoms with Crippen LogP contribution in [0.1, 0.15) is 12.2 Å². The van der Waals surface area contributed by atoms with E-state index in [9.17, 15) is 10.2 Å². The SMILES string of the molecule is NCC1CCc2nnc(-c3cc(O)cc(O)c3)n2C1. The number of nitrogens with two attached hydrogens (primary N) is 1. The molecule has 4 N–H and O–H groups in total. The van der Waals surface area contributed by atoms with Crippen LogP contribution in [-0.2, 0) is 13.0 Å². The maximum absolute atomic E-state index is 9.56. The highest BCUT2D eigenvalue weighted by atomic mass is 16.3. The summed E-state index contributed by atoms with van der Waals surface area (Å²) in [5.41, 5.74) is 6.39. The van der Waals surface area contributed by atoms with Crippen molar-refractivity contribution < 1.29 is 10.2 Å². The molecule has 0 amide bonds. The summed E-state index contributed by atoms with van der Waals surface area (Å²) < 4.78 is 2.02. The Kier molecular flexibility index (Phi) is 2.87. The van der Waals surface area contributed by atoms with Crippen LogP contribution in [0.15, 0.2) is 18.2 Å². The highest BCUT2D eigenvalue weighted by molar-refractivity contribution is 5.60. The van der Waals surface area contributed by atoms with E-state index in [0.717, 1.165) is 25.2 Å². The quantitative estimate of drug-likeness (QED) is 0.744. The van der Waals surface area contributed by atoms with Crippen LogP contribution in [0.2, 0.25) is 0 Å². The maximum atomic E-state index is 9.56. The van der Waals surface area contributed by atoms with Gasteiger partial charge in [-0.25, -0.2) is 0 Å². The molecule has 1 atom stereocenters. The zero-order chi connectivity index (χ0) is 13.4. The highest BCUT2D eigenvalue weighted by Crippen LogP contribution is 2.30. The number of fused-ring (bicyclic) bond motifs is 1. The van der Waals surface area contributed by atoms with Crippen molar-refractivity contribution in [2.75, 3.05) is 6.54 Å². The molecule has 6 nitrogen and oxygen atoms in total. The van der Waals surface area contributed by atoms with Crippen molar-refractivity contribution in [3.8, 4) is 22.9 Å². The van der Waals surface area contributed by atoms with Gasteiger partial charge in [-0.05, 0) is 31.0 Å². The fourth-order valence-corrected chi connectivity index (χ4v) is 2.53. The van der Waals surface area contributed by atoms with Gasteiger partial charge in [-0.15, -0.1) is 10.2 Å². The third-order valence-corrected chi connectivity index (χ3v) is 3.54. The minimum absolute atomic E-state index is 0.0125. The molecule has 1 unspecified atom stereocenters. The van der Waals surface area contributed by atoms with Crippen LogP contribution in [-0.4, -0.2) is 31.5 Å². The Labute approximate surface area is 110 Å². The first-order valence-electron chi connectivity index (χ1n) is 6.33. The molecule has 1 aliphatic heterocycles. The largest absolute Gasteiger partial charge is 0.508 e. The number of nitrogens with zero attached hydrogens (tertiary/aromatic N) is 3. The lowest BCUT2D eigenvalue weighted by molar-refractivity contribution is 0.375. The third-order valence-electron chi connectivity index (χ3n) is 3.54. The van der Waals surface area contributed by atoms with Crippen molar-refractivity contribution in [3.05, 3.63) is 24.0 Å². The van der Waals surface area contributed by atoms with Gasteiger partial charge in [-0.3, -0.25) is 0 Å². The standard InChI is InChI=1S/C13H16N4O2/c14-6-8-1-2-12-15-16-13(17(12)7-8)9-3-10(18)5-11(19)4-9/h3-5,8,18-19H,1-2,6-7,14H2. The molecule has 0 aliphatic carbocycles. The Morgan fingerprint density at radius 3 is 2.63 bits per heavy atom. The molecule has 6 heteroatoms. The average molecular weight is 260 g/mol. The number of aromatic hydroxyl groups is 2. The molecule has 0 spiro atoms. The van der Waals surface area contributed by atoms with Crippen molar-refractivity contribution in [1.29, 1.82) is 0 Å². The molecule has 3 rings (SSSR count). The number of benzene rings is 1. The van der Waals surface area contributed by atoms with E-state index in [4.69, 9.17) is 5.73 Å². The van der Waals surface area contributed by atoms with Crippen LogP contribution in [0.4, 0.5) is 0 Å². The second kappa shape index (κ2) is 4.55. The first-order chi connectivity index (χ1) is 9.17. The van der Waals surface area contributed by atoms with Gasteiger partial charge in [0.1, 0.15) is 17.3 Å². The number of hydrogen-bond donors (Lipinski definition) is 3. The van der Waals surface area contributed by atoms with Gasteiger partial charge in [0, 0.05) is 24.6 Å². The first kappa shape index (κ1) is 12.0. The lowest BCUT2D eigenvalue weighted by Gasteiger charge is -2.22. The van der Waals surface area contributed by atoms with E-state index in [2.05, 4.69) is 10.2 Å². The van der Waals surface area contributed by atoms with Crippen LogP contribution in [0.3, 0.4) is 0 Å². The predicted octanol–water partition coefficient (Wildman–Crippen LogP) is 0.877. The normalized spacial score (nSPS) is 18.3. The fourth-order valence-electron chi connectivity index (χ4n) is 2.53. The van der Waals surface area contributed by atoms with Crippen molar-refractivity contribution in [2.24, 2.45) is 11.7 Å². The van der Waals surface area contributed by atoms with Crippen molar-refractivity contribution in [2.45, 2.75) is 19.4 Å². The number of aromatic nitrogens is 3.